The maximum Gasteiger partial charge on any atom is 0.261 e. The molecule has 1 unspecified atom stereocenters. The Morgan fingerprint density at radius 1 is 1.19 bits per heavy atom. The molecule has 1 saturated heterocycles. The van der Waals surface area contributed by atoms with Crippen LogP contribution in [0.3, 0.4) is 0 Å². The van der Waals surface area contributed by atoms with Gasteiger partial charge < -0.3 is 5.32 Å². The lowest BCUT2D eigenvalue weighted by Gasteiger charge is -2.35. The molecule has 0 aliphatic carbocycles. The monoisotopic (exact) mass is 467 g/mol. The molecular weight excluding hydrogens is 441 g/mol. The molecule has 9 heteroatoms. The average Bonchev–Trinajstić information content (AvgIpc) is 2.74. The maximum atomic E-state index is 13.3. The molecule has 6 nitrogen and oxygen atoms in total. The SMILES string of the molecule is CC1CCN(C(C)CNC(=O)c2ccc(NS(=O)(=O)c3ccc(F)c(Cl)c3)cc2)CC1. The Balaban J connectivity index is 1.56. The summed E-state index contributed by atoms with van der Waals surface area (Å²) in [5, 5.41) is 2.67. The molecule has 2 aromatic rings. The number of rotatable bonds is 7. The Morgan fingerprint density at radius 2 is 1.84 bits per heavy atom. The number of sulfonamides is 1. The van der Waals surface area contributed by atoms with Gasteiger partial charge in [-0.25, -0.2) is 12.8 Å². The van der Waals surface area contributed by atoms with E-state index in [1.165, 1.54) is 25.0 Å². The minimum absolute atomic E-state index is 0.151. The fraction of sp³-hybridized carbons (Fsp3) is 0.409. The van der Waals surface area contributed by atoms with Crippen molar-refractivity contribution in [2.75, 3.05) is 24.4 Å². The van der Waals surface area contributed by atoms with E-state index < -0.39 is 15.8 Å². The summed E-state index contributed by atoms with van der Waals surface area (Å²) in [7, 11) is -3.93. The Labute approximate surface area is 187 Å². The number of benzene rings is 2. The van der Waals surface area contributed by atoms with E-state index in [0.717, 1.165) is 37.2 Å². The summed E-state index contributed by atoms with van der Waals surface area (Å²) in [6, 6.07) is 9.55. The van der Waals surface area contributed by atoms with E-state index in [1.54, 1.807) is 12.1 Å². The van der Waals surface area contributed by atoms with Crippen LogP contribution in [0.5, 0.6) is 0 Å². The molecule has 0 saturated carbocycles. The molecule has 1 atom stereocenters. The summed E-state index contributed by atoms with van der Waals surface area (Å²) in [6.07, 6.45) is 2.36. The van der Waals surface area contributed by atoms with Crippen LogP contribution >= 0.6 is 11.6 Å². The Hall–Kier alpha value is -2.16. The number of amides is 1. The molecule has 1 aliphatic rings. The van der Waals surface area contributed by atoms with Crippen molar-refractivity contribution in [1.29, 1.82) is 0 Å². The van der Waals surface area contributed by atoms with Crippen molar-refractivity contribution in [1.82, 2.24) is 10.2 Å². The first-order valence-corrected chi connectivity index (χ1v) is 12.1. The molecule has 0 bridgehead atoms. The number of halogens is 2. The van der Waals surface area contributed by atoms with E-state index in [-0.39, 0.29) is 27.6 Å². The smallest absolute Gasteiger partial charge is 0.261 e. The fourth-order valence-corrected chi connectivity index (χ4v) is 4.82. The summed E-state index contributed by atoms with van der Waals surface area (Å²) in [5.41, 5.74) is 0.722. The summed E-state index contributed by atoms with van der Waals surface area (Å²) in [6.45, 7) is 7.02. The normalized spacial score (nSPS) is 16.6. The van der Waals surface area contributed by atoms with Crippen LogP contribution in [0.25, 0.3) is 0 Å². The van der Waals surface area contributed by atoms with E-state index in [9.17, 15) is 17.6 Å². The number of carbonyl (C=O) groups excluding carboxylic acids is 1. The van der Waals surface area contributed by atoms with Crippen molar-refractivity contribution in [3.63, 3.8) is 0 Å². The van der Waals surface area contributed by atoms with Gasteiger partial charge in [0, 0.05) is 23.8 Å². The van der Waals surface area contributed by atoms with Gasteiger partial charge in [-0.15, -0.1) is 0 Å². The number of likely N-dealkylation sites (tertiary alicyclic amines) is 1. The lowest BCUT2D eigenvalue weighted by atomic mass is 9.98. The second kappa shape index (κ2) is 9.97. The molecule has 2 N–H and O–H groups in total. The summed E-state index contributed by atoms with van der Waals surface area (Å²) < 4.78 is 40.6. The minimum Gasteiger partial charge on any atom is -0.350 e. The first kappa shape index (κ1) is 23.5. The summed E-state index contributed by atoms with van der Waals surface area (Å²) >= 11 is 5.67. The molecule has 0 aromatic heterocycles. The van der Waals surface area contributed by atoms with Gasteiger partial charge in [-0.05, 0) is 81.2 Å². The fourth-order valence-electron chi connectivity index (χ4n) is 3.49. The van der Waals surface area contributed by atoms with Gasteiger partial charge in [0.25, 0.3) is 15.9 Å². The van der Waals surface area contributed by atoms with Gasteiger partial charge in [0.15, 0.2) is 0 Å². The van der Waals surface area contributed by atoms with Crippen molar-refractivity contribution in [2.24, 2.45) is 5.92 Å². The lowest BCUT2D eigenvalue weighted by molar-refractivity contribution is 0.0921. The largest absolute Gasteiger partial charge is 0.350 e. The predicted molar refractivity (Wildman–Crippen MR) is 120 cm³/mol. The zero-order valence-electron chi connectivity index (χ0n) is 17.6. The van der Waals surface area contributed by atoms with Crippen molar-refractivity contribution < 1.29 is 17.6 Å². The molecule has 1 fully saturated rings. The zero-order valence-corrected chi connectivity index (χ0v) is 19.1. The molecular formula is C22H27ClFN3O3S. The van der Waals surface area contributed by atoms with Crippen molar-refractivity contribution in [2.45, 2.75) is 37.6 Å². The highest BCUT2D eigenvalue weighted by Gasteiger charge is 2.21. The van der Waals surface area contributed by atoms with Gasteiger partial charge in [-0.1, -0.05) is 18.5 Å². The Bertz CT molecular complexity index is 1020. The summed E-state index contributed by atoms with van der Waals surface area (Å²) in [4.78, 5) is 14.7. The second-order valence-corrected chi connectivity index (χ2v) is 10.1. The van der Waals surface area contributed by atoms with Gasteiger partial charge in [0.05, 0.1) is 9.92 Å². The van der Waals surface area contributed by atoms with Gasteiger partial charge >= 0.3 is 0 Å². The van der Waals surface area contributed by atoms with Crippen LogP contribution in [-0.4, -0.2) is 44.9 Å². The molecule has 0 radical (unpaired) electrons. The van der Waals surface area contributed by atoms with Gasteiger partial charge in [-0.3, -0.25) is 14.4 Å². The Kier molecular flexibility index (Phi) is 7.56. The highest BCUT2D eigenvalue weighted by atomic mass is 35.5. The number of hydrogen-bond acceptors (Lipinski definition) is 4. The zero-order chi connectivity index (χ0) is 22.6. The second-order valence-electron chi connectivity index (χ2n) is 8.04. The highest BCUT2D eigenvalue weighted by molar-refractivity contribution is 7.92. The van der Waals surface area contributed by atoms with Crippen LogP contribution in [0.15, 0.2) is 47.4 Å². The number of carbonyl (C=O) groups is 1. The molecule has 1 amide bonds. The van der Waals surface area contributed by atoms with Crippen LogP contribution in [0.4, 0.5) is 10.1 Å². The highest BCUT2D eigenvalue weighted by Crippen LogP contribution is 2.22. The molecule has 168 valence electrons. The van der Waals surface area contributed by atoms with Crippen LogP contribution in [-0.2, 0) is 10.0 Å². The first-order valence-electron chi connectivity index (χ1n) is 10.3. The van der Waals surface area contributed by atoms with Crippen LogP contribution in [0.2, 0.25) is 5.02 Å². The van der Waals surface area contributed by atoms with Crippen molar-refractivity contribution in [3.05, 3.63) is 58.9 Å². The quantitative estimate of drug-likeness (QED) is 0.641. The third-order valence-electron chi connectivity index (χ3n) is 5.60. The van der Waals surface area contributed by atoms with Gasteiger partial charge in [0.1, 0.15) is 5.82 Å². The van der Waals surface area contributed by atoms with E-state index in [1.807, 2.05) is 0 Å². The Morgan fingerprint density at radius 3 is 2.45 bits per heavy atom. The molecule has 1 heterocycles. The number of nitrogens with zero attached hydrogens (tertiary/aromatic N) is 1. The lowest BCUT2D eigenvalue weighted by Crippen LogP contribution is -2.45. The van der Waals surface area contributed by atoms with E-state index in [4.69, 9.17) is 11.6 Å². The number of nitrogens with one attached hydrogen (secondary N) is 2. The van der Waals surface area contributed by atoms with E-state index >= 15 is 0 Å². The third-order valence-corrected chi connectivity index (χ3v) is 7.27. The first-order chi connectivity index (χ1) is 14.7. The van der Waals surface area contributed by atoms with Crippen molar-refractivity contribution in [3.8, 4) is 0 Å². The predicted octanol–water partition coefficient (Wildman–Crippen LogP) is 4.13. The maximum absolute atomic E-state index is 13.3. The molecule has 3 rings (SSSR count). The number of piperidine rings is 1. The molecule has 31 heavy (non-hydrogen) atoms. The molecule has 1 aliphatic heterocycles. The van der Waals surface area contributed by atoms with Crippen LogP contribution < -0.4 is 10.0 Å². The van der Waals surface area contributed by atoms with E-state index in [0.29, 0.717) is 12.1 Å². The standard InChI is InChI=1S/C22H27ClFN3O3S/c1-15-9-11-27(12-10-15)16(2)14-25-22(28)17-3-5-18(6-4-17)26-31(29,30)19-7-8-21(24)20(23)13-19/h3-8,13,15-16,26H,9-12,14H2,1-2H3,(H,25,28). The van der Waals surface area contributed by atoms with E-state index in [2.05, 4.69) is 28.8 Å². The minimum atomic E-state index is -3.93. The number of hydrogen-bond donors (Lipinski definition) is 2. The number of anilines is 1. The van der Waals surface area contributed by atoms with Crippen molar-refractivity contribution >= 4 is 33.2 Å². The van der Waals surface area contributed by atoms with Crippen LogP contribution in [0.1, 0.15) is 37.0 Å². The van der Waals surface area contributed by atoms with Crippen LogP contribution in [0, 0.1) is 11.7 Å². The molecule has 2 aromatic carbocycles. The molecule has 0 spiro atoms. The average molecular weight is 468 g/mol. The van der Waals surface area contributed by atoms with Gasteiger partial charge in [-0.2, -0.15) is 0 Å². The third kappa shape index (κ3) is 6.18. The van der Waals surface area contributed by atoms with Gasteiger partial charge in [0.2, 0.25) is 0 Å². The summed E-state index contributed by atoms with van der Waals surface area (Å²) in [5.74, 6) is -0.147. The topological polar surface area (TPSA) is 78.5 Å².